The van der Waals surface area contributed by atoms with Crippen molar-refractivity contribution in [1.82, 2.24) is 9.88 Å². The number of fused-ring (bicyclic) bond motifs is 1. The van der Waals surface area contributed by atoms with E-state index < -0.39 is 0 Å². The van der Waals surface area contributed by atoms with Crippen LogP contribution in [0.15, 0.2) is 84.9 Å². The molecule has 1 aliphatic carbocycles. The van der Waals surface area contributed by atoms with Gasteiger partial charge in [0.25, 0.3) is 0 Å². The molecule has 0 saturated heterocycles. The predicted molar refractivity (Wildman–Crippen MR) is 148 cm³/mol. The summed E-state index contributed by atoms with van der Waals surface area (Å²) in [6.07, 6.45) is 2.87. The lowest BCUT2D eigenvalue weighted by Gasteiger charge is -2.31. The summed E-state index contributed by atoms with van der Waals surface area (Å²) in [5.74, 6) is -0.217. The number of nitrogens with one attached hydrogen (secondary N) is 1. The molecule has 2 unspecified atom stereocenters. The zero-order valence-corrected chi connectivity index (χ0v) is 21.7. The Morgan fingerprint density at radius 1 is 0.973 bits per heavy atom. The molecule has 1 N–H and O–H groups in total. The molecule has 2 amide bonds. The number of esters is 1. The molecule has 1 heterocycles. The van der Waals surface area contributed by atoms with Crippen molar-refractivity contribution in [2.24, 2.45) is 5.92 Å². The Labute approximate surface area is 221 Å². The van der Waals surface area contributed by atoms with Crippen molar-refractivity contribution >= 4 is 38.7 Å². The van der Waals surface area contributed by atoms with Crippen LogP contribution in [0.25, 0.3) is 10.2 Å². The van der Waals surface area contributed by atoms with E-state index in [1.165, 1.54) is 29.6 Å². The fourth-order valence-electron chi connectivity index (χ4n) is 5.33. The van der Waals surface area contributed by atoms with E-state index >= 15 is 0 Å². The molecule has 0 aliphatic heterocycles. The molecule has 0 radical (unpaired) electrons. The number of aromatic nitrogens is 1. The van der Waals surface area contributed by atoms with Crippen molar-refractivity contribution in [3.05, 3.63) is 96.1 Å². The van der Waals surface area contributed by atoms with Crippen molar-refractivity contribution in [2.45, 2.75) is 37.6 Å². The van der Waals surface area contributed by atoms with E-state index in [0.29, 0.717) is 18.1 Å². The van der Waals surface area contributed by atoms with Gasteiger partial charge in [0.2, 0.25) is 0 Å². The van der Waals surface area contributed by atoms with Crippen LogP contribution in [-0.4, -0.2) is 41.6 Å². The number of urea groups is 1. The molecule has 1 aromatic heterocycles. The highest BCUT2D eigenvalue weighted by Crippen LogP contribution is 2.34. The first-order valence-corrected chi connectivity index (χ1v) is 13.5. The van der Waals surface area contributed by atoms with Crippen LogP contribution in [0.1, 0.15) is 42.7 Å². The second kappa shape index (κ2) is 11.6. The number of hydrogen-bond acceptors (Lipinski definition) is 5. The standard InChI is InChI=1S/C30H31N3O3S/c1-36-28(34)23-16-17-24(20-23)33(30(35)32-29-31-26-14-8-9-15-27(26)37-29)19-18-25(21-10-4-2-5-11-21)22-12-6-3-7-13-22/h2-15,23-25H,16-20H2,1H3,(H,31,32,35). The second-order valence-electron chi connectivity index (χ2n) is 9.46. The Balaban J connectivity index is 1.38. The van der Waals surface area contributed by atoms with Crippen LogP contribution < -0.4 is 5.32 Å². The Bertz CT molecular complexity index is 1270. The third kappa shape index (κ3) is 5.83. The highest BCUT2D eigenvalue weighted by atomic mass is 32.1. The smallest absolute Gasteiger partial charge is 0.323 e. The van der Waals surface area contributed by atoms with E-state index in [-0.39, 0.29) is 29.9 Å². The third-order valence-electron chi connectivity index (χ3n) is 7.21. The number of rotatable bonds is 8. The summed E-state index contributed by atoms with van der Waals surface area (Å²) in [7, 11) is 1.43. The number of hydrogen-bond donors (Lipinski definition) is 1. The topological polar surface area (TPSA) is 71.5 Å². The van der Waals surface area contributed by atoms with Crippen LogP contribution in [0, 0.1) is 5.92 Å². The maximum absolute atomic E-state index is 13.7. The number of thiazole rings is 1. The van der Waals surface area contributed by atoms with Gasteiger partial charge in [-0.25, -0.2) is 9.78 Å². The first-order valence-electron chi connectivity index (χ1n) is 12.7. The largest absolute Gasteiger partial charge is 0.469 e. The average Bonchev–Trinajstić information content (AvgIpc) is 3.59. The van der Waals surface area contributed by atoms with Gasteiger partial charge in [0.05, 0.1) is 23.2 Å². The van der Waals surface area contributed by atoms with Gasteiger partial charge in [-0.3, -0.25) is 10.1 Å². The molecule has 1 aliphatic rings. The summed E-state index contributed by atoms with van der Waals surface area (Å²) >= 11 is 1.47. The number of anilines is 1. The number of carbonyl (C=O) groups is 2. The molecule has 1 fully saturated rings. The van der Waals surface area contributed by atoms with E-state index in [4.69, 9.17) is 4.74 Å². The SMILES string of the molecule is COC(=O)C1CCC(N(CCC(c2ccccc2)c2ccccc2)C(=O)Nc2nc3ccccc3s2)C1. The fourth-order valence-corrected chi connectivity index (χ4v) is 6.18. The minimum absolute atomic E-state index is 0.0364. The Morgan fingerprint density at radius 2 is 1.62 bits per heavy atom. The van der Waals surface area contributed by atoms with Gasteiger partial charge in [0, 0.05) is 18.5 Å². The van der Waals surface area contributed by atoms with Gasteiger partial charge in [0.1, 0.15) is 0 Å². The van der Waals surface area contributed by atoms with Crippen molar-refractivity contribution in [3.8, 4) is 0 Å². The van der Waals surface area contributed by atoms with Gasteiger partial charge < -0.3 is 9.64 Å². The summed E-state index contributed by atoms with van der Waals surface area (Å²) in [6, 6.07) is 28.5. The van der Waals surface area contributed by atoms with E-state index in [9.17, 15) is 9.59 Å². The summed E-state index contributed by atoms with van der Waals surface area (Å²) in [5, 5.41) is 3.63. The first kappa shape index (κ1) is 25.0. The van der Waals surface area contributed by atoms with Crippen LogP contribution in [0.2, 0.25) is 0 Å². The summed E-state index contributed by atoms with van der Waals surface area (Å²) in [6.45, 7) is 0.559. The number of benzene rings is 3. The molecular formula is C30H31N3O3S. The molecule has 2 atom stereocenters. The molecule has 1 saturated carbocycles. The van der Waals surface area contributed by atoms with E-state index in [0.717, 1.165) is 29.5 Å². The minimum atomic E-state index is -0.194. The Morgan fingerprint density at radius 3 is 2.27 bits per heavy atom. The second-order valence-corrected chi connectivity index (χ2v) is 10.5. The van der Waals surface area contributed by atoms with Crippen molar-refractivity contribution in [1.29, 1.82) is 0 Å². The quantitative estimate of drug-likeness (QED) is 0.266. The highest BCUT2D eigenvalue weighted by Gasteiger charge is 2.36. The zero-order valence-electron chi connectivity index (χ0n) is 20.9. The molecule has 0 spiro atoms. The highest BCUT2D eigenvalue weighted by molar-refractivity contribution is 7.22. The van der Waals surface area contributed by atoms with Crippen LogP contribution in [0.4, 0.5) is 9.93 Å². The molecule has 7 heteroatoms. The molecule has 5 rings (SSSR count). The summed E-state index contributed by atoms with van der Waals surface area (Å²) < 4.78 is 6.03. The molecule has 4 aromatic rings. The fraction of sp³-hybridized carbons (Fsp3) is 0.300. The Kier molecular flexibility index (Phi) is 7.80. The number of methoxy groups -OCH3 is 1. The van der Waals surface area contributed by atoms with Gasteiger partial charge in [0.15, 0.2) is 5.13 Å². The van der Waals surface area contributed by atoms with Crippen LogP contribution in [-0.2, 0) is 9.53 Å². The van der Waals surface area contributed by atoms with E-state index in [2.05, 4.69) is 58.8 Å². The lowest BCUT2D eigenvalue weighted by atomic mass is 9.88. The van der Waals surface area contributed by atoms with Gasteiger partial charge >= 0.3 is 12.0 Å². The van der Waals surface area contributed by atoms with E-state index in [1.54, 1.807) is 0 Å². The van der Waals surface area contributed by atoms with Gasteiger partial charge in [-0.15, -0.1) is 0 Å². The molecule has 0 bridgehead atoms. The predicted octanol–water partition coefficient (Wildman–Crippen LogP) is 6.69. The molecule has 190 valence electrons. The molecule has 6 nitrogen and oxygen atoms in total. The lowest BCUT2D eigenvalue weighted by molar-refractivity contribution is -0.145. The Hall–Kier alpha value is -3.71. The van der Waals surface area contributed by atoms with Crippen LogP contribution in [0.5, 0.6) is 0 Å². The minimum Gasteiger partial charge on any atom is -0.469 e. The van der Waals surface area contributed by atoms with Crippen molar-refractivity contribution < 1.29 is 14.3 Å². The van der Waals surface area contributed by atoms with Crippen molar-refractivity contribution in [3.63, 3.8) is 0 Å². The summed E-state index contributed by atoms with van der Waals surface area (Å²) in [5.41, 5.74) is 3.31. The van der Waals surface area contributed by atoms with E-state index in [1.807, 2.05) is 41.3 Å². The monoisotopic (exact) mass is 513 g/mol. The third-order valence-corrected chi connectivity index (χ3v) is 8.16. The van der Waals surface area contributed by atoms with Crippen LogP contribution >= 0.6 is 11.3 Å². The number of amides is 2. The number of nitrogens with zero attached hydrogens (tertiary/aromatic N) is 2. The average molecular weight is 514 g/mol. The molecular weight excluding hydrogens is 482 g/mol. The maximum atomic E-state index is 13.7. The van der Waals surface area contributed by atoms with Crippen LogP contribution in [0.3, 0.4) is 0 Å². The van der Waals surface area contributed by atoms with Crippen molar-refractivity contribution in [2.75, 3.05) is 19.0 Å². The number of carbonyl (C=O) groups excluding carboxylic acids is 2. The first-order chi connectivity index (χ1) is 18.1. The van der Waals surface area contributed by atoms with Gasteiger partial charge in [-0.2, -0.15) is 0 Å². The van der Waals surface area contributed by atoms with Gasteiger partial charge in [-0.05, 0) is 48.9 Å². The van der Waals surface area contributed by atoms with Gasteiger partial charge in [-0.1, -0.05) is 84.1 Å². The lowest BCUT2D eigenvalue weighted by Crippen LogP contribution is -2.43. The zero-order chi connectivity index (χ0) is 25.6. The molecule has 37 heavy (non-hydrogen) atoms. The summed E-state index contributed by atoms with van der Waals surface area (Å²) in [4.78, 5) is 32.4. The number of ether oxygens (including phenoxy) is 1. The number of para-hydroxylation sites is 1. The normalized spacial score (nSPS) is 17.1. The maximum Gasteiger partial charge on any atom is 0.323 e. The molecule has 3 aromatic carbocycles.